The highest BCUT2D eigenvalue weighted by molar-refractivity contribution is 7.89. The second-order valence-corrected chi connectivity index (χ2v) is 9.12. The summed E-state index contributed by atoms with van der Waals surface area (Å²) in [6.07, 6.45) is 2.97. The monoisotopic (exact) mass is 467 g/mol. The molecule has 1 aliphatic rings. The van der Waals surface area contributed by atoms with Crippen LogP contribution in [0.15, 0.2) is 83.8 Å². The van der Waals surface area contributed by atoms with Gasteiger partial charge in [0.2, 0.25) is 10.0 Å². The lowest BCUT2D eigenvalue weighted by molar-refractivity contribution is -0.121. The Bertz CT molecular complexity index is 1320. The van der Waals surface area contributed by atoms with Gasteiger partial charge in [0.1, 0.15) is 6.04 Å². The first-order chi connectivity index (χ1) is 15.2. The lowest BCUT2D eigenvalue weighted by Crippen LogP contribution is -2.44. The van der Waals surface area contributed by atoms with Crippen LogP contribution >= 0.6 is 11.6 Å². The van der Waals surface area contributed by atoms with E-state index in [0.29, 0.717) is 16.3 Å². The number of rotatable bonds is 4. The van der Waals surface area contributed by atoms with Gasteiger partial charge in [-0.05, 0) is 47.5 Å². The van der Waals surface area contributed by atoms with Crippen LogP contribution in [0.4, 0.5) is 11.4 Å². The minimum Gasteiger partial charge on any atom is -0.322 e. The second-order valence-electron chi connectivity index (χ2n) is 7.12. The van der Waals surface area contributed by atoms with E-state index >= 15 is 0 Å². The van der Waals surface area contributed by atoms with Crippen molar-refractivity contribution in [1.82, 2.24) is 0 Å². The molecule has 3 aromatic carbocycles. The van der Waals surface area contributed by atoms with Crippen molar-refractivity contribution in [2.75, 3.05) is 10.2 Å². The maximum Gasteiger partial charge on any atom is 0.252 e. The van der Waals surface area contributed by atoms with Crippen molar-refractivity contribution < 1.29 is 18.0 Å². The predicted octanol–water partition coefficient (Wildman–Crippen LogP) is 3.73. The molecule has 3 aromatic rings. The quantitative estimate of drug-likeness (QED) is 0.569. The molecule has 0 aliphatic carbocycles. The summed E-state index contributed by atoms with van der Waals surface area (Å²) >= 11 is 5.90. The molecule has 9 heteroatoms. The molecule has 1 unspecified atom stereocenters. The summed E-state index contributed by atoms with van der Waals surface area (Å²) in [6.45, 7) is 0. The van der Waals surface area contributed by atoms with Gasteiger partial charge in [-0.3, -0.25) is 14.5 Å². The van der Waals surface area contributed by atoms with E-state index in [1.165, 1.54) is 29.2 Å². The molecule has 3 N–H and O–H groups in total. The molecule has 32 heavy (non-hydrogen) atoms. The van der Waals surface area contributed by atoms with E-state index in [1.54, 1.807) is 54.6 Å². The van der Waals surface area contributed by atoms with Crippen molar-refractivity contribution in [2.45, 2.75) is 10.9 Å². The number of carbonyl (C=O) groups excluding carboxylic acids is 2. The van der Waals surface area contributed by atoms with Gasteiger partial charge in [-0.1, -0.05) is 54.1 Å². The maximum atomic E-state index is 13.3. The number of amides is 2. The molecule has 0 spiro atoms. The first-order valence-corrected chi connectivity index (χ1v) is 11.5. The predicted molar refractivity (Wildman–Crippen MR) is 124 cm³/mol. The van der Waals surface area contributed by atoms with Crippen LogP contribution in [-0.2, 0) is 19.6 Å². The smallest absolute Gasteiger partial charge is 0.252 e. The van der Waals surface area contributed by atoms with E-state index in [2.05, 4.69) is 5.32 Å². The number of nitrogens with zero attached hydrogens (tertiary/aromatic N) is 1. The average Bonchev–Trinajstić information content (AvgIpc) is 2.77. The zero-order chi connectivity index (χ0) is 22.9. The molecule has 162 valence electrons. The number of sulfonamides is 1. The van der Waals surface area contributed by atoms with Crippen LogP contribution in [0.1, 0.15) is 17.2 Å². The molecule has 0 fully saturated rings. The van der Waals surface area contributed by atoms with E-state index < -0.39 is 27.9 Å². The maximum absolute atomic E-state index is 13.3. The number of carbonyl (C=O) groups is 2. The SMILES string of the molecule is NS(=O)(=O)c1ccc2c(c1)NC(=O)C(c1ccccc1)N2C(=O)/C=C/c1ccc(Cl)cc1. The number of fused-ring (bicyclic) bond motifs is 1. The van der Waals surface area contributed by atoms with E-state index in [4.69, 9.17) is 16.7 Å². The summed E-state index contributed by atoms with van der Waals surface area (Å²) in [5, 5.41) is 8.49. The lowest BCUT2D eigenvalue weighted by Gasteiger charge is -2.36. The minimum absolute atomic E-state index is 0.168. The average molecular weight is 468 g/mol. The summed E-state index contributed by atoms with van der Waals surface area (Å²) in [5.41, 5.74) is 1.91. The first kappa shape index (κ1) is 21.8. The zero-order valence-electron chi connectivity index (χ0n) is 16.6. The molecule has 7 nitrogen and oxygen atoms in total. The Hall–Kier alpha value is -3.46. The number of nitrogens with two attached hydrogens (primary N) is 1. The fraction of sp³-hybridized carbons (Fsp3) is 0.0435. The third kappa shape index (κ3) is 4.43. The third-order valence-corrected chi connectivity index (χ3v) is 6.12. The number of halogens is 1. The highest BCUT2D eigenvalue weighted by atomic mass is 35.5. The van der Waals surface area contributed by atoms with Crippen LogP contribution in [0.3, 0.4) is 0 Å². The highest BCUT2D eigenvalue weighted by Gasteiger charge is 2.37. The molecular weight excluding hydrogens is 450 g/mol. The number of benzene rings is 3. The number of nitrogens with one attached hydrogen (secondary N) is 1. The van der Waals surface area contributed by atoms with Gasteiger partial charge in [-0.15, -0.1) is 0 Å². The molecule has 0 saturated carbocycles. The molecule has 4 rings (SSSR count). The molecule has 2 amide bonds. The van der Waals surface area contributed by atoms with Crippen molar-refractivity contribution in [3.05, 3.63) is 95.0 Å². The van der Waals surface area contributed by atoms with Gasteiger partial charge in [0.15, 0.2) is 0 Å². The zero-order valence-corrected chi connectivity index (χ0v) is 18.2. The van der Waals surface area contributed by atoms with Crippen LogP contribution in [0.2, 0.25) is 5.02 Å². The Labute approximate surface area is 190 Å². The molecule has 0 radical (unpaired) electrons. The Balaban J connectivity index is 1.79. The van der Waals surface area contributed by atoms with Gasteiger partial charge in [0, 0.05) is 11.1 Å². The fourth-order valence-electron chi connectivity index (χ4n) is 3.46. The Morgan fingerprint density at radius 1 is 1.03 bits per heavy atom. The molecule has 1 atom stereocenters. The van der Waals surface area contributed by atoms with Crippen LogP contribution in [0.25, 0.3) is 6.08 Å². The Morgan fingerprint density at radius 3 is 2.38 bits per heavy atom. The summed E-state index contributed by atoms with van der Waals surface area (Å²) in [5.74, 6) is -0.920. The van der Waals surface area contributed by atoms with Gasteiger partial charge < -0.3 is 5.32 Å². The molecule has 0 saturated heterocycles. The van der Waals surface area contributed by atoms with E-state index in [-0.39, 0.29) is 10.6 Å². The van der Waals surface area contributed by atoms with Crippen LogP contribution in [0.5, 0.6) is 0 Å². The fourth-order valence-corrected chi connectivity index (χ4v) is 4.13. The van der Waals surface area contributed by atoms with Crippen LogP contribution in [-0.4, -0.2) is 20.2 Å². The first-order valence-electron chi connectivity index (χ1n) is 9.53. The van der Waals surface area contributed by atoms with Gasteiger partial charge >= 0.3 is 0 Å². The summed E-state index contributed by atoms with van der Waals surface area (Å²) in [7, 11) is -3.99. The van der Waals surface area contributed by atoms with Gasteiger partial charge in [-0.2, -0.15) is 0 Å². The molecule has 1 heterocycles. The largest absolute Gasteiger partial charge is 0.322 e. The minimum atomic E-state index is -3.99. The summed E-state index contributed by atoms with van der Waals surface area (Å²) in [6, 6.07) is 18.8. The number of primary sulfonamides is 1. The van der Waals surface area contributed by atoms with E-state index in [9.17, 15) is 18.0 Å². The number of hydrogen-bond donors (Lipinski definition) is 2. The second kappa shape index (κ2) is 8.58. The van der Waals surface area contributed by atoms with Gasteiger partial charge in [-0.25, -0.2) is 13.6 Å². The van der Waals surface area contributed by atoms with Crippen molar-refractivity contribution >= 4 is 50.9 Å². The van der Waals surface area contributed by atoms with Crippen LogP contribution < -0.4 is 15.4 Å². The van der Waals surface area contributed by atoms with Gasteiger partial charge in [0.25, 0.3) is 11.8 Å². The normalized spacial score (nSPS) is 16.0. The number of hydrogen-bond acceptors (Lipinski definition) is 4. The van der Waals surface area contributed by atoms with Crippen LogP contribution in [0, 0.1) is 0 Å². The van der Waals surface area contributed by atoms with Crippen molar-refractivity contribution in [3.63, 3.8) is 0 Å². The highest BCUT2D eigenvalue weighted by Crippen LogP contribution is 2.39. The molecular formula is C23H18ClN3O4S. The molecule has 0 bridgehead atoms. The van der Waals surface area contributed by atoms with Gasteiger partial charge in [0.05, 0.1) is 16.3 Å². The third-order valence-electron chi connectivity index (χ3n) is 4.96. The van der Waals surface area contributed by atoms with E-state index in [0.717, 1.165) is 5.56 Å². The molecule has 1 aliphatic heterocycles. The Morgan fingerprint density at radius 2 is 1.72 bits per heavy atom. The standard InChI is InChI=1S/C23H18ClN3O4S/c24-17-9-6-15(7-10-17)8-13-21(28)27-20-12-11-18(32(25,30)31)14-19(20)26-23(29)22(27)16-4-2-1-3-5-16/h1-14,22H,(H,26,29)(H2,25,30,31)/b13-8+. The topological polar surface area (TPSA) is 110 Å². The summed E-state index contributed by atoms with van der Waals surface area (Å²) in [4.78, 5) is 27.5. The number of anilines is 2. The molecule has 0 aromatic heterocycles. The Kier molecular flexibility index (Phi) is 5.84. The lowest BCUT2D eigenvalue weighted by atomic mass is 10.00. The van der Waals surface area contributed by atoms with Crippen molar-refractivity contribution in [3.8, 4) is 0 Å². The van der Waals surface area contributed by atoms with E-state index in [1.807, 2.05) is 6.07 Å². The van der Waals surface area contributed by atoms with Crippen molar-refractivity contribution in [2.24, 2.45) is 5.14 Å². The summed E-state index contributed by atoms with van der Waals surface area (Å²) < 4.78 is 23.5. The van der Waals surface area contributed by atoms with Crippen molar-refractivity contribution in [1.29, 1.82) is 0 Å².